The number of benzene rings is 2. The molecule has 0 amide bonds. The van der Waals surface area contributed by atoms with Crippen LogP contribution in [-0.4, -0.2) is 33.8 Å². The van der Waals surface area contributed by atoms with Crippen molar-refractivity contribution in [3.63, 3.8) is 0 Å². The Balaban J connectivity index is 1.72. The molecule has 0 unspecified atom stereocenters. The quantitative estimate of drug-likeness (QED) is 0.223. The second-order valence-electron chi connectivity index (χ2n) is 10.9. The summed E-state index contributed by atoms with van der Waals surface area (Å²) in [5.74, 6) is -1.11. The Hall–Kier alpha value is -3.10. The fourth-order valence-corrected chi connectivity index (χ4v) is 6.13. The average molecular weight is 602 g/mol. The number of aliphatic carboxylic acids is 1. The highest BCUT2D eigenvalue weighted by Crippen LogP contribution is 2.49. The minimum atomic E-state index is -0.999. The Kier molecular flexibility index (Phi) is 7.38. The van der Waals surface area contributed by atoms with E-state index in [4.69, 9.17) is 44.1 Å². The van der Waals surface area contributed by atoms with Gasteiger partial charge in [0, 0.05) is 34.9 Å². The van der Waals surface area contributed by atoms with Crippen LogP contribution in [0.15, 0.2) is 52.7 Å². The molecule has 1 fully saturated rings. The smallest absolute Gasteiger partial charge is 0.332 e. The first-order chi connectivity index (χ1) is 18.9. The standard InChI is InChI=1S/C30H27Cl3N2O5/c1-29(2,3)19(28(37)38)13-16-7-5-8-22-18(16)9-12-35(22)27(36)24-25(23-20(32)14-17(31)15-21(23)33)34-40-26(24)30(39-4)10-6-11-30/h5,7-9,12-15H,6,10-11H2,1-4H3,(H,37,38)/b19-13-. The van der Waals surface area contributed by atoms with Gasteiger partial charge in [0.25, 0.3) is 5.91 Å². The van der Waals surface area contributed by atoms with E-state index in [2.05, 4.69) is 5.16 Å². The number of aromatic nitrogens is 2. The second-order valence-corrected chi connectivity index (χ2v) is 12.2. The average Bonchev–Trinajstić information content (AvgIpc) is 3.46. The summed E-state index contributed by atoms with van der Waals surface area (Å²) >= 11 is 19.2. The van der Waals surface area contributed by atoms with E-state index in [0.29, 0.717) is 45.7 Å². The number of fused-ring (bicyclic) bond motifs is 1. The molecule has 1 N–H and O–H groups in total. The lowest BCUT2D eigenvalue weighted by Gasteiger charge is -2.38. The number of hydrogen-bond acceptors (Lipinski definition) is 5. The summed E-state index contributed by atoms with van der Waals surface area (Å²) in [5, 5.41) is 15.6. The molecule has 7 nitrogen and oxygen atoms in total. The predicted octanol–water partition coefficient (Wildman–Crippen LogP) is 8.48. The third-order valence-electron chi connectivity index (χ3n) is 7.44. The molecule has 0 bridgehead atoms. The molecule has 2 heterocycles. The van der Waals surface area contributed by atoms with Gasteiger partial charge in [-0.25, -0.2) is 4.79 Å². The highest BCUT2D eigenvalue weighted by atomic mass is 35.5. The van der Waals surface area contributed by atoms with Crippen LogP contribution in [0.25, 0.3) is 28.2 Å². The van der Waals surface area contributed by atoms with E-state index in [9.17, 15) is 14.7 Å². The highest BCUT2D eigenvalue weighted by molar-refractivity contribution is 6.42. The van der Waals surface area contributed by atoms with Crippen molar-refractivity contribution in [2.24, 2.45) is 5.41 Å². The van der Waals surface area contributed by atoms with Crippen LogP contribution in [0.2, 0.25) is 15.1 Å². The molecular formula is C30H27Cl3N2O5. The molecule has 2 aromatic carbocycles. The molecule has 1 aliphatic rings. The first-order valence-corrected chi connectivity index (χ1v) is 13.8. The zero-order valence-electron chi connectivity index (χ0n) is 22.3. The van der Waals surface area contributed by atoms with Crippen LogP contribution in [0.3, 0.4) is 0 Å². The maximum atomic E-state index is 14.4. The molecule has 40 heavy (non-hydrogen) atoms. The summed E-state index contributed by atoms with van der Waals surface area (Å²) in [5.41, 5.74) is 0.826. The van der Waals surface area contributed by atoms with E-state index in [-0.39, 0.29) is 26.9 Å². The van der Waals surface area contributed by atoms with Crippen molar-refractivity contribution in [2.45, 2.75) is 45.6 Å². The number of nitrogens with zero attached hydrogens (tertiary/aromatic N) is 2. The second kappa shape index (κ2) is 10.4. The number of halogens is 3. The van der Waals surface area contributed by atoms with E-state index in [0.717, 1.165) is 6.42 Å². The number of rotatable bonds is 6. The molecule has 208 valence electrons. The monoisotopic (exact) mass is 600 g/mol. The van der Waals surface area contributed by atoms with Gasteiger partial charge in [0.2, 0.25) is 0 Å². The third kappa shape index (κ3) is 4.75. The van der Waals surface area contributed by atoms with Crippen LogP contribution in [-0.2, 0) is 15.1 Å². The predicted molar refractivity (Wildman–Crippen MR) is 156 cm³/mol. The van der Waals surface area contributed by atoms with E-state index in [1.54, 1.807) is 37.6 Å². The van der Waals surface area contributed by atoms with Crippen LogP contribution in [0.5, 0.6) is 0 Å². The van der Waals surface area contributed by atoms with Crippen molar-refractivity contribution in [3.05, 3.63) is 80.1 Å². The van der Waals surface area contributed by atoms with Crippen molar-refractivity contribution in [1.29, 1.82) is 0 Å². The van der Waals surface area contributed by atoms with Gasteiger partial charge in [0.05, 0.1) is 15.6 Å². The first kappa shape index (κ1) is 28.4. The molecular weight excluding hydrogens is 575 g/mol. The van der Waals surface area contributed by atoms with Gasteiger partial charge in [0.1, 0.15) is 16.9 Å². The van der Waals surface area contributed by atoms with Crippen LogP contribution in [0.1, 0.15) is 61.7 Å². The fourth-order valence-electron chi connectivity index (χ4n) is 5.13. The van der Waals surface area contributed by atoms with Gasteiger partial charge >= 0.3 is 5.97 Å². The highest BCUT2D eigenvalue weighted by Gasteiger charge is 2.47. The van der Waals surface area contributed by atoms with Gasteiger partial charge < -0.3 is 14.4 Å². The lowest BCUT2D eigenvalue weighted by molar-refractivity contribution is -0.133. The number of methoxy groups -OCH3 is 1. The molecule has 0 spiro atoms. The lowest BCUT2D eigenvalue weighted by atomic mass is 9.76. The maximum Gasteiger partial charge on any atom is 0.332 e. The van der Waals surface area contributed by atoms with Crippen LogP contribution >= 0.6 is 34.8 Å². The van der Waals surface area contributed by atoms with Crippen molar-refractivity contribution in [3.8, 4) is 11.3 Å². The number of ether oxygens (including phenoxy) is 1. The molecule has 1 saturated carbocycles. The van der Waals surface area contributed by atoms with Crippen molar-refractivity contribution < 1.29 is 24.0 Å². The molecule has 10 heteroatoms. The Bertz CT molecular complexity index is 1660. The number of carboxylic acid groups (broad SMARTS) is 1. The molecule has 0 aliphatic heterocycles. The third-order valence-corrected chi connectivity index (χ3v) is 8.25. The van der Waals surface area contributed by atoms with Gasteiger partial charge in [-0.2, -0.15) is 0 Å². The topological polar surface area (TPSA) is 94.6 Å². The summed E-state index contributed by atoms with van der Waals surface area (Å²) < 4.78 is 13.2. The van der Waals surface area contributed by atoms with Gasteiger partial charge in [-0.05, 0) is 60.6 Å². The molecule has 0 saturated heterocycles. The van der Waals surface area contributed by atoms with Gasteiger partial charge in [-0.3, -0.25) is 9.36 Å². The normalized spacial score (nSPS) is 15.3. The zero-order valence-corrected chi connectivity index (χ0v) is 24.6. The van der Waals surface area contributed by atoms with Gasteiger partial charge in [0.15, 0.2) is 5.76 Å². The summed E-state index contributed by atoms with van der Waals surface area (Å²) in [7, 11) is 1.58. The Morgan fingerprint density at radius 2 is 1.80 bits per heavy atom. The van der Waals surface area contributed by atoms with Gasteiger partial charge in [-0.15, -0.1) is 0 Å². The largest absolute Gasteiger partial charge is 0.478 e. The van der Waals surface area contributed by atoms with E-state index < -0.39 is 22.9 Å². The fraction of sp³-hybridized carbons (Fsp3) is 0.300. The van der Waals surface area contributed by atoms with E-state index >= 15 is 0 Å². The van der Waals surface area contributed by atoms with Crippen LogP contribution in [0.4, 0.5) is 0 Å². The number of carboxylic acids is 1. The minimum absolute atomic E-state index is 0.187. The summed E-state index contributed by atoms with van der Waals surface area (Å²) in [6.07, 6.45) is 5.52. The first-order valence-electron chi connectivity index (χ1n) is 12.7. The van der Waals surface area contributed by atoms with E-state index in [1.165, 1.54) is 16.7 Å². The minimum Gasteiger partial charge on any atom is -0.478 e. The number of carbonyl (C=O) groups is 2. The Morgan fingerprint density at radius 3 is 2.35 bits per heavy atom. The lowest BCUT2D eigenvalue weighted by Crippen LogP contribution is -2.37. The van der Waals surface area contributed by atoms with Crippen molar-refractivity contribution >= 4 is 63.7 Å². The van der Waals surface area contributed by atoms with Crippen LogP contribution in [0, 0.1) is 5.41 Å². The van der Waals surface area contributed by atoms with Crippen molar-refractivity contribution in [1.82, 2.24) is 9.72 Å². The molecule has 2 aromatic heterocycles. The molecule has 0 atom stereocenters. The molecule has 1 aliphatic carbocycles. The summed E-state index contributed by atoms with van der Waals surface area (Å²) in [4.78, 5) is 26.4. The maximum absolute atomic E-state index is 14.4. The number of hydrogen-bond donors (Lipinski definition) is 1. The van der Waals surface area contributed by atoms with Crippen LogP contribution < -0.4 is 0 Å². The molecule has 4 aromatic rings. The summed E-state index contributed by atoms with van der Waals surface area (Å²) in [6, 6.07) is 10.2. The SMILES string of the molecule is COC1(c2onc(-c3c(Cl)cc(Cl)cc3Cl)c2C(=O)n2ccc3c(/C=C(/C(=O)O)C(C)(C)C)cccc32)CCC1. The zero-order chi connectivity index (χ0) is 29.0. The number of carbonyl (C=O) groups excluding carboxylic acids is 1. The Labute approximate surface area is 246 Å². The van der Waals surface area contributed by atoms with Gasteiger partial charge in [-0.1, -0.05) is 72.9 Å². The van der Waals surface area contributed by atoms with E-state index in [1.807, 2.05) is 26.8 Å². The van der Waals surface area contributed by atoms with Crippen molar-refractivity contribution in [2.75, 3.05) is 7.11 Å². The Morgan fingerprint density at radius 1 is 1.12 bits per heavy atom. The molecule has 5 rings (SSSR count). The molecule has 0 radical (unpaired) electrons. The summed E-state index contributed by atoms with van der Waals surface area (Å²) in [6.45, 7) is 5.53.